The van der Waals surface area contributed by atoms with Gasteiger partial charge in [-0.05, 0) is 36.6 Å². The Morgan fingerprint density at radius 1 is 1.16 bits per heavy atom. The van der Waals surface area contributed by atoms with Crippen LogP contribution in [0.25, 0.3) is 11.0 Å². The van der Waals surface area contributed by atoms with Gasteiger partial charge in [0.05, 0.1) is 0 Å². The smallest absolute Gasteiger partial charge is 0.340 e. The number of nitrogens with one attached hydrogen (secondary N) is 1. The molecule has 1 amide bonds. The maximum Gasteiger partial charge on any atom is 0.340 e. The van der Waals surface area contributed by atoms with E-state index in [0.29, 0.717) is 36.2 Å². The van der Waals surface area contributed by atoms with Crippen LogP contribution in [0.1, 0.15) is 42.9 Å². The third-order valence-electron chi connectivity index (χ3n) is 5.33. The molecule has 1 aromatic heterocycles. The Kier molecular flexibility index (Phi) is 7.65. The summed E-state index contributed by atoms with van der Waals surface area (Å²) in [4.78, 5) is 36.0. The number of aryl methyl sites for hydroxylation is 1. The lowest BCUT2D eigenvalue weighted by Gasteiger charge is -2.14. The number of carboxylic acid groups (broad SMARTS) is 1. The van der Waals surface area contributed by atoms with Crippen molar-refractivity contribution in [3.05, 3.63) is 75.6 Å². The number of hydrogen-bond donors (Lipinski definition) is 2. The molecule has 0 saturated heterocycles. The van der Waals surface area contributed by atoms with Crippen molar-refractivity contribution < 1.29 is 23.8 Å². The molecule has 1 heterocycles. The predicted molar refractivity (Wildman–Crippen MR) is 121 cm³/mol. The van der Waals surface area contributed by atoms with Gasteiger partial charge in [0, 0.05) is 23.4 Å². The lowest BCUT2D eigenvalue weighted by atomic mass is 10.00. The van der Waals surface area contributed by atoms with Gasteiger partial charge >= 0.3 is 11.6 Å². The quantitative estimate of drug-likeness (QED) is 0.467. The Morgan fingerprint density at radius 3 is 2.59 bits per heavy atom. The molecule has 32 heavy (non-hydrogen) atoms. The zero-order chi connectivity index (χ0) is 23.1. The van der Waals surface area contributed by atoms with Crippen LogP contribution < -0.4 is 15.7 Å². The summed E-state index contributed by atoms with van der Waals surface area (Å²) in [6.07, 6.45) is 2.38. The Hall–Kier alpha value is -3.61. The largest absolute Gasteiger partial charge is 0.484 e. The zero-order valence-electron chi connectivity index (χ0n) is 18.2. The molecule has 0 spiro atoms. The first-order valence-electron chi connectivity index (χ1n) is 10.6. The Labute approximate surface area is 186 Å². The first-order valence-corrected chi connectivity index (χ1v) is 10.6. The molecule has 3 aromatic rings. The van der Waals surface area contributed by atoms with E-state index in [9.17, 15) is 19.5 Å². The molecule has 0 aliphatic carbocycles. The number of aliphatic carboxylic acids is 1. The second-order valence-electron chi connectivity index (χ2n) is 7.70. The molecular formula is C25H27NO6. The molecule has 0 aliphatic heterocycles. The van der Waals surface area contributed by atoms with Gasteiger partial charge in [-0.25, -0.2) is 9.59 Å². The van der Waals surface area contributed by atoms with E-state index in [4.69, 9.17) is 9.15 Å². The first-order chi connectivity index (χ1) is 15.4. The minimum absolute atomic E-state index is 0.337. The summed E-state index contributed by atoms with van der Waals surface area (Å²) < 4.78 is 11.0. The number of ether oxygens (including phenoxy) is 1. The van der Waals surface area contributed by atoms with Gasteiger partial charge in [0.25, 0.3) is 5.91 Å². The molecule has 7 heteroatoms. The minimum Gasteiger partial charge on any atom is -0.484 e. The topological polar surface area (TPSA) is 106 Å². The van der Waals surface area contributed by atoms with Crippen LogP contribution in [0.3, 0.4) is 0 Å². The number of carbonyl (C=O) groups excluding carboxylic acids is 1. The van der Waals surface area contributed by atoms with Gasteiger partial charge in [0.15, 0.2) is 6.61 Å². The summed E-state index contributed by atoms with van der Waals surface area (Å²) in [5, 5.41) is 12.5. The van der Waals surface area contributed by atoms with E-state index in [0.717, 1.165) is 22.9 Å². The number of carboxylic acids is 1. The molecule has 2 N–H and O–H groups in total. The van der Waals surface area contributed by atoms with Crippen LogP contribution >= 0.6 is 0 Å². The SMILES string of the molecule is CCCCC(NC(=O)COc1ccc2c(C)c(Cc3ccccc3)c(=O)oc2c1)C(=O)O. The van der Waals surface area contributed by atoms with E-state index in [2.05, 4.69) is 5.32 Å². The van der Waals surface area contributed by atoms with Crippen molar-refractivity contribution >= 4 is 22.8 Å². The molecule has 0 fully saturated rings. The van der Waals surface area contributed by atoms with Crippen molar-refractivity contribution in [3.63, 3.8) is 0 Å². The Morgan fingerprint density at radius 2 is 1.91 bits per heavy atom. The second kappa shape index (κ2) is 10.6. The highest BCUT2D eigenvalue weighted by molar-refractivity contribution is 5.85. The van der Waals surface area contributed by atoms with Crippen molar-refractivity contribution in [1.82, 2.24) is 5.32 Å². The van der Waals surface area contributed by atoms with Gasteiger partial charge in [0.1, 0.15) is 17.4 Å². The summed E-state index contributed by atoms with van der Waals surface area (Å²) in [6, 6.07) is 13.8. The fourth-order valence-corrected chi connectivity index (χ4v) is 3.52. The molecule has 1 atom stereocenters. The molecule has 7 nitrogen and oxygen atoms in total. The van der Waals surface area contributed by atoms with Crippen LogP contribution in [-0.4, -0.2) is 29.6 Å². The third kappa shape index (κ3) is 5.75. The van der Waals surface area contributed by atoms with Crippen LogP contribution in [0.4, 0.5) is 0 Å². The number of carbonyl (C=O) groups is 2. The Balaban J connectivity index is 1.71. The van der Waals surface area contributed by atoms with E-state index in [1.54, 1.807) is 18.2 Å². The molecular weight excluding hydrogens is 410 g/mol. The van der Waals surface area contributed by atoms with Crippen LogP contribution in [0.2, 0.25) is 0 Å². The average Bonchev–Trinajstić information content (AvgIpc) is 2.78. The van der Waals surface area contributed by atoms with Crippen molar-refractivity contribution in [2.45, 2.75) is 45.6 Å². The van der Waals surface area contributed by atoms with E-state index in [1.165, 1.54) is 0 Å². The van der Waals surface area contributed by atoms with Gasteiger partial charge in [0.2, 0.25) is 0 Å². The number of fused-ring (bicyclic) bond motifs is 1. The van der Waals surface area contributed by atoms with E-state index >= 15 is 0 Å². The predicted octanol–water partition coefficient (Wildman–Crippen LogP) is 3.83. The molecule has 0 saturated carbocycles. The highest BCUT2D eigenvalue weighted by atomic mass is 16.5. The maximum absolute atomic E-state index is 12.6. The molecule has 1 unspecified atom stereocenters. The van der Waals surface area contributed by atoms with Crippen molar-refractivity contribution in [1.29, 1.82) is 0 Å². The van der Waals surface area contributed by atoms with Crippen LogP contribution in [0.5, 0.6) is 5.75 Å². The van der Waals surface area contributed by atoms with Gasteiger partial charge in [-0.15, -0.1) is 0 Å². The molecule has 0 aliphatic rings. The summed E-state index contributed by atoms with van der Waals surface area (Å²) in [5.41, 5.74) is 2.42. The van der Waals surface area contributed by atoms with Crippen LogP contribution in [0, 0.1) is 6.92 Å². The highest BCUT2D eigenvalue weighted by Crippen LogP contribution is 2.25. The molecule has 168 valence electrons. The fourth-order valence-electron chi connectivity index (χ4n) is 3.52. The molecule has 0 radical (unpaired) electrons. The Bertz CT molecular complexity index is 1150. The number of unbranched alkanes of at least 4 members (excludes halogenated alkanes) is 1. The van der Waals surface area contributed by atoms with Crippen LogP contribution in [-0.2, 0) is 16.0 Å². The van der Waals surface area contributed by atoms with Gasteiger partial charge in [-0.2, -0.15) is 0 Å². The van der Waals surface area contributed by atoms with E-state index in [-0.39, 0.29) is 6.61 Å². The highest BCUT2D eigenvalue weighted by Gasteiger charge is 2.19. The van der Waals surface area contributed by atoms with Crippen molar-refractivity contribution in [3.8, 4) is 5.75 Å². The maximum atomic E-state index is 12.6. The van der Waals surface area contributed by atoms with Gasteiger partial charge in [-0.3, -0.25) is 4.79 Å². The number of rotatable bonds is 10. The number of amides is 1. The van der Waals surface area contributed by atoms with Gasteiger partial charge in [-0.1, -0.05) is 50.1 Å². The number of hydrogen-bond acceptors (Lipinski definition) is 5. The summed E-state index contributed by atoms with van der Waals surface area (Å²) in [6.45, 7) is 3.50. The zero-order valence-corrected chi connectivity index (χ0v) is 18.2. The standard InChI is InChI=1S/C25H27NO6/c1-3-4-10-21(24(28)29)26-23(27)15-31-18-11-12-19-16(2)20(25(30)32-22(19)14-18)13-17-8-6-5-7-9-17/h5-9,11-12,14,21H,3-4,10,13,15H2,1-2H3,(H,26,27)(H,28,29). The lowest BCUT2D eigenvalue weighted by molar-refractivity contribution is -0.142. The van der Waals surface area contributed by atoms with E-state index in [1.807, 2.05) is 44.2 Å². The third-order valence-corrected chi connectivity index (χ3v) is 5.33. The first kappa shape index (κ1) is 23.1. The van der Waals surface area contributed by atoms with Gasteiger partial charge < -0.3 is 19.6 Å². The lowest BCUT2D eigenvalue weighted by Crippen LogP contribution is -2.42. The number of benzene rings is 2. The second-order valence-corrected chi connectivity index (χ2v) is 7.70. The average molecular weight is 437 g/mol. The molecule has 3 rings (SSSR count). The minimum atomic E-state index is -1.07. The van der Waals surface area contributed by atoms with Crippen LogP contribution in [0.15, 0.2) is 57.7 Å². The summed E-state index contributed by atoms with van der Waals surface area (Å²) in [7, 11) is 0. The monoisotopic (exact) mass is 437 g/mol. The summed E-state index contributed by atoms with van der Waals surface area (Å²) >= 11 is 0. The molecule has 0 bridgehead atoms. The normalized spacial score (nSPS) is 11.8. The van der Waals surface area contributed by atoms with Crippen molar-refractivity contribution in [2.24, 2.45) is 0 Å². The molecule has 2 aromatic carbocycles. The van der Waals surface area contributed by atoms with Crippen molar-refractivity contribution in [2.75, 3.05) is 6.61 Å². The fraction of sp³-hybridized carbons (Fsp3) is 0.320. The summed E-state index contributed by atoms with van der Waals surface area (Å²) in [5.74, 6) is -1.24. The van der Waals surface area contributed by atoms with E-state index < -0.39 is 23.5 Å².